The minimum absolute atomic E-state index is 0.493. The summed E-state index contributed by atoms with van der Waals surface area (Å²) in [6.07, 6.45) is 1.84. The molecule has 5 heteroatoms. The van der Waals surface area contributed by atoms with Crippen molar-refractivity contribution in [2.24, 2.45) is 0 Å². The summed E-state index contributed by atoms with van der Waals surface area (Å²) < 4.78 is 6.92. The third-order valence-electron chi connectivity index (χ3n) is 4.52. The molecule has 4 rings (SSSR count). The number of H-pyrrole nitrogens is 1. The molecule has 142 valence electrons. The number of aryl methyl sites for hydroxylation is 1. The first-order valence-electron chi connectivity index (χ1n) is 9.17. The maximum atomic E-state index is 9.65. The van der Waals surface area contributed by atoms with Crippen molar-refractivity contribution in [1.29, 1.82) is 5.26 Å². The molecule has 0 unspecified atom stereocenters. The van der Waals surface area contributed by atoms with Crippen LogP contribution < -0.4 is 4.74 Å². The van der Waals surface area contributed by atoms with E-state index in [1.807, 2.05) is 79.7 Å². The molecule has 0 saturated carbocycles. The van der Waals surface area contributed by atoms with E-state index < -0.39 is 0 Å². The molecule has 1 heterocycles. The fourth-order valence-electron chi connectivity index (χ4n) is 3.03. The number of fused-ring (bicyclic) bond motifs is 1. The lowest BCUT2D eigenvalue weighted by molar-refractivity contribution is 0.304. The zero-order valence-corrected chi connectivity index (χ0v) is 18.0. The number of benzene rings is 3. The fraction of sp³-hybridized carbons (Fsp3) is 0.0833. The summed E-state index contributed by atoms with van der Waals surface area (Å²) in [5.41, 5.74) is 5.48. The highest BCUT2D eigenvalue weighted by molar-refractivity contribution is 14.1. The van der Waals surface area contributed by atoms with E-state index in [1.165, 1.54) is 0 Å². The van der Waals surface area contributed by atoms with Gasteiger partial charge in [-0.05, 0) is 76.5 Å². The minimum Gasteiger partial charge on any atom is -0.488 e. The molecule has 29 heavy (non-hydrogen) atoms. The first-order valence-corrected chi connectivity index (χ1v) is 10.2. The normalized spacial score (nSPS) is 11.4. The van der Waals surface area contributed by atoms with Crippen LogP contribution in [0.4, 0.5) is 0 Å². The number of ether oxygens (including phenoxy) is 1. The van der Waals surface area contributed by atoms with Crippen LogP contribution in [0.25, 0.3) is 22.7 Å². The van der Waals surface area contributed by atoms with Crippen molar-refractivity contribution in [2.45, 2.75) is 13.5 Å². The Labute approximate surface area is 183 Å². The largest absolute Gasteiger partial charge is 0.488 e. The first-order chi connectivity index (χ1) is 14.1. The molecule has 0 saturated heterocycles. The second kappa shape index (κ2) is 8.50. The molecule has 0 atom stereocenters. The van der Waals surface area contributed by atoms with E-state index in [1.54, 1.807) is 0 Å². The van der Waals surface area contributed by atoms with Gasteiger partial charge < -0.3 is 9.72 Å². The average molecular weight is 491 g/mol. The van der Waals surface area contributed by atoms with E-state index in [2.05, 4.69) is 38.6 Å². The SMILES string of the molecule is Cc1ccc2nc(/C(C#N)=C\c3ccc(OCc4ccccc4)c(I)c3)[nH]c2c1. The zero-order chi connectivity index (χ0) is 20.2. The van der Waals surface area contributed by atoms with Gasteiger partial charge in [0.1, 0.15) is 24.3 Å². The lowest BCUT2D eigenvalue weighted by atomic mass is 10.1. The Kier molecular flexibility index (Phi) is 5.63. The van der Waals surface area contributed by atoms with E-state index >= 15 is 0 Å². The lowest BCUT2D eigenvalue weighted by Gasteiger charge is -2.09. The average Bonchev–Trinajstić information content (AvgIpc) is 3.15. The fourth-order valence-corrected chi connectivity index (χ4v) is 3.73. The predicted octanol–water partition coefficient (Wildman–Crippen LogP) is 6.12. The van der Waals surface area contributed by atoms with Gasteiger partial charge in [-0.25, -0.2) is 4.98 Å². The Hall–Kier alpha value is -3.11. The van der Waals surface area contributed by atoms with Crippen LogP contribution in [0.5, 0.6) is 5.75 Å². The molecule has 0 aliphatic carbocycles. The van der Waals surface area contributed by atoms with Crippen molar-refractivity contribution in [2.75, 3.05) is 0 Å². The maximum Gasteiger partial charge on any atom is 0.149 e. The van der Waals surface area contributed by atoms with Crippen LogP contribution in [0.2, 0.25) is 0 Å². The number of nitrogens with zero attached hydrogens (tertiary/aromatic N) is 2. The zero-order valence-electron chi connectivity index (χ0n) is 15.8. The standard InChI is InChI=1S/C24H18IN3O/c1-16-7-9-21-22(11-16)28-24(27-21)19(14-26)12-18-8-10-23(20(25)13-18)29-15-17-5-3-2-4-6-17/h2-13H,15H2,1H3,(H,27,28)/b19-12-. The van der Waals surface area contributed by atoms with Crippen LogP contribution in [-0.4, -0.2) is 9.97 Å². The Bertz CT molecular complexity index is 1240. The summed E-state index contributed by atoms with van der Waals surface area (Å²) >= 11 is 2.26. The summed E-state index contributed by atoms with van der Waals surface area (Å²) in [5, 5.41) is 9.65. The molecular formula is C24H18IN3O. The van der Waals surface area contributed by atoms with Crippen molar-refractivity contribution in [3.8, 4) is 11.8 Å². The Morgan fingerprint density at radius 2 is 1.97 bits per heavy atom. The molecule has 0 aliphatic heterocycles. The number of imidazole rings is 1. The Balaban J connectivity index is 1.57. The summed E-state index contributed by atoms with van der Waals surface area (Å²) in [6, 6.07) is 24.2. The molecular weight excluding hydrogens is 473 g/mol. The Morgan fingerprint density at radius 1 is 1.14 bits per heavy atom. The Morgan fingerprint density at radius 3 is 2.72 bits per heavy atom. The smallest absolute Gasteiger partial charge is 0.149 e. The molecule has 0 radical (unpaired) electrons. The number of aromatic amines is 1. The third kappa shape index (κ3) is 4.49. The molecule has 0 bridgehead atoms. The van der Waals surface area contributed by atoms with Gasteiger partial charge in [0.05, 0.1) is 20.2 Å². The van der Waals surface area contributed by atoms with Crippen molar-refractivity contribution in [1.82, 2.24) is 9.97 Å². The van der Waals surface area contributed by atoms with E-state index in [0.29, 0.717) is 18.0 Å². The van der Waals surface area contributed by atoms with Gasteiger partial charge in [-0.15, -0.1) is 0 Å². The van der Waals surface area contributed by atoms with Crippen molar-refractivity contribution in [3.63, 3.8) is 0 Å². The number of nitrogens with one attached hydrogen (secondary N) is 1. The van der Waals surface area contributed by atoms with Crippen LogP contribution in [0.15, 0.2) is 66.7 Å². The van der Waals surface area contributed by atoms with Gasteiger partial charge in [-0.3, -0.25) is 0 Å². The van der Waals surface area contributed by atoms with Crippen LogP contribution in [0.1, 0.15) is 22.5 Å². The van der Waals surface area contributed by atoms with E-state index in [0.717, 1.165) is 37.0 Å². The highest BCUT2D eigenvalue weighted by Crippen LogP contribution is 2.26. The number of aromatic nitrogens is 2. The summed E-state index contributed by atoms with van der Waals surface area (Å²) in [5.74, 6) is 1.40. The molecule has 4 nitrogen and oxygen atoms in total. The molecule has 1 N–H and O–H groups in total. The summed E-state index contributed by atoms with van der Waals surface area (Å²) in [7, 11) is 0. The third-order valence-corrected chi connectivity index (χ3v) is 5.36. The number of hydrogen-bond donors (Lipinski definition) is 1. The maximum absolute atomic E-state index is 9.65. The number of hydrogen-bond acceptors (Lipinski definition) is 3. The van der Waals surface area contributed by atoms with E-state index in [-0.39, 0.29) is 0 Å². The van der Waals surface area contributed by atoms with E-state index in [9.17, 15) is 5.26 Å². The highest BCUT2D eigenvalue weighted by Gasteiger charge is 2.09. The van der Waals surface area contributed by atoms with Gasteiger partial charge in [0, 0.05) is 0 Å². The van der Waals surface area contributed by atoms with Crippen LogP contribution >= 0.6 is 22.6 Å². The minimum atomic E-state index is 0.493. The molecule has 3 aromatic carbocycles. The summed E-state index contributed by atoms with van der Waals surface area (Å²) in [4.78, 5) is 7.79. The molecule has 0 amide bonds. The van der Waals surface area contributed by atoms with Crippen molar-refractivity contribution in [3.05, 3.63) is 92.8 Å². The van der Waals surface area contributed by atoms with Gasteiger partial charge in [0.25, 0.3) is 0 Å². The van der Waals surface area contributed by atoms with Gasteiger partial charge in [-0.1, -0.05) is 42.5 Å². The van der Waals surface area contributed by atoms with Crippen LogP contribution in [-0.2, 0) is 6.61 Å². The van der Waals surface area contributed by atoms with E-state index in [4.69, 9.17) is 4.74 Å². The summed E-state index contributed by atoms with van der Waals surface area (Å²) in [6.45, 7) is 2.55. The predicted molar refractivity (Wildman–Crippen MR) is 124 cm³/mol. The van der Waals surface area contributed by atoms with Crippen LogP contribution in [0.3, 0.4) is 0 Å². The molecule has 0 spiro atoms. The van der Waals surface area contributed by atoms with Gasteiger partial charge in [0.2, 0.25) is 0 Å². The second-order valence-electron chi connectivity index (χ2n) is 6.74. The number of rotatable bonds is 5. The first kappa shape index (κ1) is 19.2. The lowest BCUT2D eigenvalue weighted by Crippen LogP contribution is -1.97. The number of halogens is 1. The van der Waals surface area contributed by atoms with Crippen molar-refractivity contribution >= 4 is 45.3 Å². The topological polar surface area (TPSA) is 61.7 Å². The van der Waals surface area contributed by atoms with Crippen LogP contribution in [0, 0.1) is 21.8 Å². The van der Waals surface area contributed by atoms with Gasteiger partial charge in [-0.2, -0.15) is 5.26 Å². The molecule has 4 aromatic rings. The monoisotopic (exact) mass is 491 g/mol. The second-order valence-corrected chi connectivity index (χ2v) is 7.90. The molecule has 1 aromatic heterocycles. The molecule has 0 aliphatic rings. The van der Waals surface area contributed by atoms with Crippen molar-refractivity contribution < 1.29 is 4.74 Å². The van der Waals surface area contributed by atoms with Gasteiger partial charge >= 0.3 is 0 Å². The molecule has 0 fully saturated rings. The van der Waals surface area contributed by atoms with Gasteiger partial charge in [0.15, 0.2) is 0 Å². The number of nitriles is 1. The highest BCUT2D eigenvalue weighted by atomic mass is 127. The number of allylic oxidation sites excluding steroid dienone is 1. The quantitative estimate of drug-likeness (QED) is 0.270.